The fraction of sp³-hybridized carbons (Fsp3) is 0.750. The standard InChI is InChI=1S/C4H14B4N6O/c1-9-12-2-10-4(15)11-3-13-14-8(6)7-5/h7H,2-3,5-6H2,1H3,(H2,10,11,15). The van der Waals surface area contributed by atoms with E-state index < -0.39 is 0 Å². The number of hydrogen-bond acceptors (Lipinski definition) is 5. The molecule has 0 aliphatic carbocycles. The van der Waals surface area contributed by atoms with Crippen molar-refractivity contribution in [2.45, 2.75) is 0 Å². The van der Waals surface area contributed by atoms with Crippen molar-refractivity contribution in [3.8, 4) is 0 Å². The molecule has 0 heterocycles. The number of nitrogens with zero attached hydrogens (tertiary/aromatic N) is 4. The van der Waals surface area contributed by atoms with Crippen LogP contribution in [-0.2, 0) is 0 Å². The third kappa shape index (κ3) is 9.04. The van der Waals surface area contributed by atoms with E-state index in [2.05, 4.69) is 31.0 Å². The zero-order chi connectivity index (χ0) is 11.5. The van der Waals surface area contributed by atoms with Crippen LogP contribution in [-0.4, -0.2) is 55.6 Å². The van der Waals surface area contributed by atoms with Gasteiger partial charge >= 0.3 is 6.03 Å². The van der Waals surface area contributed by atoms with Crippen molar-refractivity contribution in [2.24, 2.45) is 20.4 Å². The van der Waals surface area contributed by atoms with Gasteiger partial charge in [0.05, 0.1) is 22.5 Å². The zero-order valence-electron chi connectivity index (χ0n) is 9.40. The van der Waals surface area contributed by atoms with Crippen LogP contribution in [0.15, 0.2) is 20.4 Å². The number of carbonyl (C=O) groups excluding carboxylic acids is 1. The first-order chi connectivity index (χ1) is 7.20. The lowest BCUT2D eigenvalue weighted by Gasteiger charge is -2.01. The summed E-state index contributed by atoms with van der Waals surface area (Å²) in [5, 5.41) is 19.8. The van der Waals surface area contributed by atoms with E-state index in [1.807, 2.05) is 15.5 Å². The van der Waals surface area contributed by atoms with Crippen LogP contribution in [0.1, 0.15) is 0 Å². The summed E-state index contributed by atoms with van der Waals surface area (Å²) in [6.07, 6.45) is 0. The van der Waals surface area contributed by atoms with Crippen LogP contribution in [0.25, 0.3) is 0 Å². The van der Waals surface area contributed by atoms with Crippen molar-refractivity contribution in [1.29, 1.82) is 0 Å². The molecule has 7 nitrogen and oxygen atoms in total. The highest BCUT2D eigenvalue weighted by molar-refractivity contribution is 7.45. The summed E-state index contributed by atoms with van der Waals surface area (Å²) in [7, 11) is 6.47. The average molecular weight is 205 g/mol. The van der Waals surface area contributed by atoms with Gasteiger partial charge in [-0.25, -0.2) is 4.79 Å². The van der Waals surface area contributed by atoms with Gasteiger partial charge in [0.25, 0.3) is 0 Å². The van der Waals surface area contributed by atoms with Gasteiger partial charge in [-0.05, 0) is 0 Å². The Balaban J connectivity index is 3.50. The van der Waals surface area contributed by atoms with E-state index in [1.54, 1.807) is 7.05 Å². The van der Waals surface area contributed by atoms with Crippen LogP contribution in [0.4, 0.5) is 4.79 Å². The van der Waals surface area contributed by atoms with Crippen molar-refractivity contribution in [1.82, 2.24) is 10.6 Å². The Hall–Kier alpha value is -1.27. The molecule has 2 N–H and O–H groups in total. The maximum atomic E-state index is 11.0. The molecule has 0 rings (SSSR count). The van der Waals surface area contributed by atoms with Crippen molar-refractivity contribution in [3.05, 3.63) is 0 Å². The molecule has 0 saturated heterocycles. The molecule has 0 atom stereocenters. The molecule has 15 heavy (non-hydrogen) atoms. The normalized spacial score (nSPS) is 10.5. The van der Waals surface area contributed by atoms with Gasteiger partial charge in [-0.15, -0.1) is 0 Å². The molecule has 0 bridgehead atoms. The quantitative estimate of drug-likeness (QED) is 0.360. The van der Waals surface area contributed by atoms with Crippen LogP contribution in [0.5, 0.6) is 0 Å². The van der Waals surface area contributed by atoms with Crippen LogP contribution in [0, 0.1) is 0 Å². The maximum absolute atomic E-state index is 11.0. The second kappa shape index (κ2) is 9.29. The van der Waals surface area contributed by atoms with Gasteiger partial charge in [-0.2, -0.15) is 15.3 Å². The van der Waals surface area contributed by atoms with Gasteiger partial charge in [0.15, 0.2) is 0 Å². The molecule has 2 amide bonds. The van der Waals surface area contributed by atoms with E-state index in [9.17, 15) is 4.79 Å². The summed E-state index contributed by atoms with van der Waals surface area (Å²) in [6, 6.07) is -0.328. The lowest BCUT2D eigenvalue weighted by atomic mass is 9.11. The summed E-state index contributed by atoms with van der Waals surface area (Å²) in [5.74, 6) is 0. The molecule has 0 aromatic carbocycles. The Bertz CT molecular complexity index is 235. The molecule has 0 saturated carbocycles. The monoisotopic (exact) mass is 206 g/mol. The topological polar surface area (TPSA) is 90.6 Å². The summed E-state index contributed by atoms with van der Waals surface area (Å²) >= 11 is 0. The molecule has 0 aromatic rings. The molecule has 0 radical (unpaired) electrons. The Morgan fingerprint density at radius 3 is 2.53 bits per heavy atom. The Morgan fingerprint density at radius 1 is 1.40 bits per heavy atom. The fourth-order valence-electron chi connectivity index (χ4n) is 0.609. The minimum absolute atomic E-state index is 0.171. The number of urea groups is 1. The first-order valence-corrected chi connectivity index (χ1v) is 4.84. The number of carbonyl (C=O) groups is 1. The SMILES string of the molecule is BBB(B)N=NCNC(=O)NCN=NC. The van der Waals surface area contributed by atoms with Crippen LogP contribution < -0.4 is 10.6 Å². The first-order valence-electron chi connectivity index (χ1n) is 4.84. The van der Waals surface area contributed by atoms with E-state index in [1.165, 1.54) is 0 Å². The van der Waals surface area contributed by atoms with Gasteiger partial charge in [-0.1, -0.05) is 0 Å². The van der Waals surface area contributed by atoms with Gasteiger partial charge in [0.1, 0.15) is 13.3 Å². The summed E-state index contributed by atoms with van der Waals surface area (Å²) in [4.78, 5) is 11.0. The molecule has 11 heteroatoms. The van der Waals surface area contributed by atoms with Crippen LogP contribution >= 0.6 is 0 Å². The predicted molar refractivity (Wildman–Crippen MR) is 67.0 cm³/mol. The second-order valence-electron chi connectivity index (χ2n) is 2.85. The van der Waals surface area contributed by atoms with Crippen molar-refractivity contribution >= 4 is 35.2 Å². The largest absolute Gasteiger partial charge is 0.317 e. The Kier molecular flexibility index (Phi) is 8.50. The maximum Gasteiger partial charge on any atom is 0.317 e. The predicted octanol–water partition coefficient (Wildman–Crippen LogP) is -2.66. The third-order valence-electron chi connectivity index (χ3n) is 1.63. The molecular weight excluding hydrogens is 191 g/mol. The Labute approximate surface area is 92.1 Å². The molecule has 0 fully saturated rings. The minimum atomic E-state index is -0.328. The highest BCUT2D eigenvalue weighted by Gasteiger charge is 2.01. The smallest absolute Gasteiger partial charge is 0.317 e. The number of hydrogen-bond donors (Lipinski definition) is 2. The molecule has 0 spiro atoms. The molecule has 0 aliphatic heterocycles. The Morgan fingerprint density at radius 2 is 2.00 bits per heavy atom. The average Bonchev–Trinajstić information content (AvgIpc) is 2.24. The molecule has 78 valence electrons. The van der Waals surface area contributed by atoms with Gasteiger partial charge in [-0.3, -0.25) is 5.03 Å². The van der Waals surface area contributed by atoms with Crippen molar-refractivity contribution < 1.29 is 4.79 Å². The third-order valence-corrected chi connectivity index (χ3v) is 1.63. The van der Waals surface area contributed by atoms with E-state index in [0.717, 1.165) is 7.06 Å². The molecular formula is C4H14B4N6O. The first kappa shape index (κ1) is 13.7. The summed E-state index contributed by atoms with van der Waals surface area (Å²) in [6.45, 7) is 0.549. The summed E-state index contributed by atoms with van der Waals surface area (Å²) in [5.41, 5.74) is 0. The van der Waals surface area contributed by atoms with Crippen LogP contribution in [0.3, 0.4) is 0 Å². The number of azo groups is 1. The van der Waals surface area contributed by atoms with E-state index in [-0.39, 0.29) is 26.0 Å². The number of rotatable bonds is 6. The van der Waals surface area contributed by atoms with Gasteiger partial charge in [0, 0.05) is 7.05 Å². The number of amides is 2. The minimum Gasteiger partial charge on any atom is -0.317 e. The van der Waals surface area contributed by atoms with Gasteiger partial charge < -0.3 is 10.6 Å². The van der Waals surface area contributed by atoms with Crippen LogP contribution in [0.2, 0.25) is 0 Å². The van der Waals surface area contributed by atoms with Crippen molar-refractivity contribution in [2.75, 3.05) is 20.4 Å². The molecule has 0 aromatic heterocycles. The van der Waals surface area contributed by atoms with Gasteiger partial charge in [0.2, 0.25) is 6.63 Å². The fourth-order valence-corrected chi connectivity index (χ4v) is 0.609. The molecule has 0 unspecified atom stereocenters. The second-order valence-corrected chi connectivity index (χ2v) is 2.85. The van der Waals surface area contributed by atoms with E-state index in [4.69, 9.17) is 0 Å². The zero-order valence-corrected chi connectivity index (χ0v) is 9.40. The highest BCUT2D eigenvalue weighted by Crippen LogP contribution is 1.76. The molecule has 0 aliphatic rings. The number of nitrogens with one attached hydrogen (secondary N) is 2. The van der Waals surface area contributed by atoms with Crippen molar-refractivity contribution in [3.63, 3.8) is 0 Å². The summed E-state index contributed by atoms with van der Waals surface area (Å²) < 4.78 is 0. The highest BCUT2D eigenvalue weighted by atomic mass is 16.2. The van der Waals surface area contributed by atoms with E-state index >= 15 is 0 Å². The lowest BCUT2D eigenvalue weighted by Crippen LogP contribution is -2.35. The lowest BCUT2D eigenvalue weighted by molar-refractivity contribution is 0.241. The van der Waals surface area contributed by atoms with E-state index in [0.29, 0.717) is 0 Å².